The lowest BCUT2D eigenvalue weighted by Gasteiger charge is -2.23. The van der Waals surface area contributed by atoms with Gasteiger partial charge < -0.3 is 10.3 Å². The Morgan fingerprint density at radius 2 is 2.06 bits per heavy atom. The van der Waals surface area contributed by atoms with Crippen molar-refractivity contribution in [1.82, 2.24) is 24.6 Å². The maximum absolute atomic E-state index is 13.6. The summed E-state index contributed by atoms with van der Waals surface area (Å²) < 4.78 is 14.8. The predicted molar refractivity (Wildman–Crippen MR) is 133 cm³/mol. The Morgan fingerprint density at radius 3 is 2.76 bits per heavy atom. The Kier molecular flexibility index (Phi) is 6.74. The van der Waals surface area contributed by atoms with Crippen molar-refractivity contribution < 1.29 is 4.39 Å². The van der Waals surface area contributed by atoms with Crippen LogP contribution < -0.4 is 26.9 Å². The molecule has 0 aliphatic rings. The van der Waals surface area contributed by atoms with Gasteiger partial charge in [-0.1, -0.05) is 31.2 Å². The molecule has 0 fully saturated rings. The average Bonchev–Trinajstić information content (AvgIpc) is 3.30. The molecule has 1 aromatic carbocycles. The van der Waals surface area contributed by atoms with E-state index in [1.54, 1.807) is 31.6 Å². The number of hydrogen-bond donors (Lipinski definition) is 3. The fraction of sp³-hybridized carbons (Fsp3) is 0.167. The summed E-state index contributed by atoms with van der Waals surface area (Å²) in [5, 5.41) is 4.07. The zero-order chi connectivity index (χ0) is 24.2. The first-order chi connectivity index (χ1) is 16.4. The van der Waals surface area contributed by atoms with Crippen LogP contribution in [-0.4, -0.2) is 24.6 Å². The molecule has 1 atom stereocenters. The van der Waals surface area contributed by atoms with Gasteiger partial charge in [-0.3, -0.25) is 10.2 Å². The van der Waals surface area contributed by atoms with E-state index in [0.717, 1.165) is 11.2 Å². The third-order valence-electron chi connectivity index (χ3n) is 5.20. The summed E-state index contributed by atoms with van der Waals surface area (Å²) in [6.45, 7) is 7.74. The van der Waals surface area contributed by atoms with Crippen LogP contribution >= 0.6 is 11.6 Å². The number of nitrogens with zero attached hydrogens (tertiary/aromatic N) is 4. The fourth-order valence-electron chi connectivity index (χ4n) is 3.55. The highest BCUT2D eigenvalue weighted by Crippen LogP contribution is 2.24. The van der Waals surface area contributed by atoms with E-state index in [2.05, 4.69) is 37.3 Å². The lowest BCUT2D eigenvalue weighted by Crippen LogP contribution is -2.51. The third kappa shape index (κ3) is 4.55. The minimum Gasteiger partial charge on any atom is -0.373 e. The first-order valence-electron chi connectivity index (χ1n) is 10.6. The second-order valence-electron chi connectivity index (χ2n) is 7.46. The number of anilines is 2. The Labute approximate surface area is 199 Å². The van der Waals surface area contributed by atoms with E-state index in [1.807, 2.05) is 13.0 Å². The van der Waals surface area contributed by atoms with Crippen molar-refractivity contribution in [2.75, 3.05) is 10.7 Å². The number of rotatable bonds is 7. The highest BCUT2D eigenvalue weighted by molar-refractivity contribution is 6.47. The maximum Gasteiger partial charge on any atom is 0.281 e. The van der Waals surface area contributed by atoms with Crippen LogP contribution in [0, 0.1) is 5.82 Å². The van der Waals surface area contributed by atoms with Gasteiger partial charge in [-0.2, -0.15) is 0 Å². The fourth-order valence-corrected chi connectivity index (χ4v) is 3.87. The number of H-pyrrole nitrogens is 1. The molecule has 3 heterocycles. The van der Waals surface area contributed by atoms with Crippen molar-refractivity contribution in [2.24, 2.45) is 0 Å². The molecule has 3 aromatic heterocycles. The number of imidazole rings is 1. The summed E-state index contributed by atoms with van der Waals surface area (Å²) in [5.41, 5.74) is 5.18. The SMILES string of the molecule is C=c1nc(C(CC)Nc2ccnc3nc[nH]c23)n(Nc2ccc(F)cc2)c(=O)c1=C(Cl)C=CC. The molecular formula is C24H23ClFN7O. The quantitative estimate of drug-likeness (QED) is 0.375. The van der Waals surface area contributed by atoms with Crippen molar-refractivity contribution in [3.63, 3.8) is 0 Å². The van der Waals surface area contributed by atoms with E-state index in [-0.39, 0.29) is 21.4 Å². The first-order valence-corrected chi connectivity index (χ1v) is 11.0. The lowest BCUT2D eigenvalue weighted by atomic mass is 10.2. The largest absolute Gasteiger partial charge is 0.373 e. The highest BCUT2D eigenvalue weighted by Gasteiger charge is 2.20. The zero-order valence-electron chi connectivity index (χ0n) is 18.6. The Balaban J connectivity index is 1.89. The molecule has 0 saturated heterocycles. The molecule has 8 nitrogen and oxygen atoms in total. The standard InChI is InChI=1S/C24H23ClFN7O/c1-4-6-17(25)20-14(3)30-23(33(24(20)34)32-16-9-7-15(26)8-10-16)18(5-2)31-19-11-12-27-22-21(19)28-13-29-22/h4,6-13,18,32H,3,5H2,1-2H3,(H2,27,28,29,31). The van der Waals surface area contributed by atoms with Crippen LogP contribution in [0.1, 0.15) is 32.1 Å². The highest BCUT2D eigenvalue weighted by atomic mass is 35.5. The van der Waals surface area contributed by atoms with Crippen LogP contribution in [0.3, 0.4) is 0 Å². The lowest BCUT2D eigenvalue weighted by molar-refractivity contribution is 0.623. The van der Waals surface area contributed by atoms with E-state index >= 15 is 0 Å². The third-order valence-corrected chi connectivity index (χ3v) is 5.51. The molecule has 0 amide bonds. The molecule has 34 heavy (non-hydrogen) atoms. The van der Waals surface area contributed by atoms with Crippen molar-refractivity contribution in [2.45, 2.75) is 26.3 Å². The van der Waals surface area contributed by atoms with Crippen LogP contribution in [0.15, 0.2) is 59.8 Å². The minimum atomic E-state index is -0.427. The topological polar surface area (TPSA) is 101 Å². The van der Waals surface area contributed by atoms with Crippen molar-refractivity contribution >= 4 is 45.8 Å². The number of allylic oxidation sites excluding steroid dienone is 2. The maximum atomic E-state index is 13.6. The normalized spacial score (nSPS) is 13.3. The van der Waals surface area contributed by atoms with Crippen LogP contribution in [0.25, 0.3) is 22.8 Å². The van der Waals surface area contributed by atoms with E-state index in [4.69, 9.17) is 11.6 Å². The Morgan fingerprint density at radius 1 is 1.29 bits per heavy atom. The Bertz CT molecular complexity index is 1530. The smallest absolute Gasteiger partial charge is 0.281 e. The second kappa shape index (κ2) is 9.88. The van der Waals surface area contributed by atoms with E-state index < -0.39 is 11.6 Å². The number of pyridine rings is 1. The van der Waals surface area contributed by atoms with Gasteiger partial charge in [0.1, 0.15) is 11.3 Å². The van der Waals surface area contributed by atoms with Crippen LogP contribution in [0.4, 0.5) is 15.8 Å². The number of benzene rings is 1. The molecule has 0 radical (unpaired) electrons. The second-order valence-corrected chi connectivity index (χ2v) is 7.87. The summed E-state index contributed by atoms with van der Waals surface area (Å²) in [4.78, 5) is 29.7. The molecular weight excluding hydrogens is 457 g/mol. The van der Waals surface area contributed by atoms with Gasteiger partial charge in [-0.05, 0) is 49.8 Å². The first kappa shape index (κ1) is 23.2. The monoisotopic (exact) mass is 479 g/mol. The van der Waals surface area contributed by atoms with Crippen LogP contribution in [0.5, 0.6) is 0 Å². The number of halogens is 2. The van der Waals surface area contributed by atoms with Gasteiger partial charge in [0.2, 0.25) is 0 Å². The van der Waals surface area contributed by atoms with Gasteiger partial charge in [0.15, 0.2) is 11.5 Å². The number of nitrogens with one attached hydrogen (secondary N) is 3. The van der Waals surface area contributed by atoms with Crippen molar-refractivity contribution in [3.8, 4) is 0 Å². The van der Waals surface area contributed by atoms with Gasteiger partial charge in [-0.25, -0.2) is 24.0 Å². The molecule has 0 saturated carbocycles. The average molecular weight is 480 g/mol. The van der Waals surface area contributed by atoms with E-state index in [0.29, 0.717) is 23.6 Å². The molecule has 0 spiro atoms. The van der Waals surface area contributed by atoms with Gasteiger partial charge in [0, 0.05) is 6.20 Å². The van der Waals surface area contributed by atoms with Gasteiger partial charge in [-0.15, -0.1) is 0 Å². The molecule has 1 unspecified atom stereocenters. The zero-order valence-corrected chi connectivity index (χ0v) is 19.4. The summed E-state index contributed by atoms with van der Waals surface area (Å²) in [5.74, 6) is 0.00358. The van der Waals surface area contributed by atoms with Gasteiger partial charge >= 0.3 is 0 Å². The summed E-state index contributed by atoms with van der Waals surface area (Å²) >= 11 is 6.39. The molecule has 3 N–H and O–H groups in total. The van der Waals surface area contributed by atoms with Crippen molar-refractivity contribution in [3.05, 3.63) is 87.6 Å². The molecule has 0 bridgehead atoms. The van der Waals surface area contributed by atoms with Crippen molar-refractivity contribution in [1.29, 1.82) is 0 Å². The predicted octanol–water partition coefficient (Wildman–Crippen LogP) is 3.43. The van der Waals surface area contributed by atoms with Crippen LogP contribution in [0.2, 0.25) is 0 Å². The van der Waals surface area contributed by atoms with Gasteiger partial charge in [0.25, 0.3) is 5.56 Å². The summed E-state index contributed by atoms with van der Waals surface area (Å²) in [6, 6.07) is 7.09. The summed E-state index contributed by atoms with van der Waals surface area (Å²) in [7, 11) is 0. The van der Waals surface area contributed by atoms with E-state index in [1.165, 1.54) is 28.9 Å². The van der Waals surface area contributed by atoms with E-state index in [9.17, 15) is 9.18 Å². The number of aromatic nitrogens is 5. The molecule has 0 aliphatic heterocycles. The van der Waals surface area contributed by atoms with Gasteiger partial charge in [0.05, 0.1) is 39.3 Å². The molecule has 0 aliphatic carbocycles. The Hall–Kier alpha value is -3.98. The molecule has 4 rings (SSSR count). The van der Waals surface area contributed by atoms with Crippen LogP contribution in [-0.2, 0) is 0 Å². The summed E-state index contributed by atoms with van der Waals surface area (Å²) in [6.07, 6.45) is 7.13. The molecule has 4 aromatic rings. The molecule has 174 valence electrons. The number of aromatic amines is 1. The number of hydrogen-bond acceptors (Lipinski definition) is 6. The minimum absolute atomic E-state index is 0.174. The molecule has 10 heteroatoms. The number of fused-ring (bicyclic) bond motifs is 1.